The lowest BCUT2D eigenvalue weighted by atomic mass is 10.2. The monoisotopic (exact) mass is 410 g/mol. The van der Waals surface area contributed by atoms with Crippen molar-refractivity contribution < 1.29 is 9.90 Å². The van der Waals surface area contributed by atoms with Gasteiger partial charge in [0.25, 0.3) is 5.82 Å². The van der Waals surface area contributed by atoms with Gasteiger partial charge >= 0.3 is 5.97 Å². The SMILES string of the molecule is Cc1nc(C(=O)O)nn1-c1ccc2c(ccn2Cc2ccc(Br)cc2)c1. The Morgan fingerprint density at radius 1 is 1.15 bits per heavy atom. The van der Waals surface area contributed by atoms with Gasteiger partial charge in [-0.1, -0.05) is 28.1 Å². The molecule has 0 spiro atoms. The summed E-state index contributed by atoms with van der Waals surface area (Å²) in [5.74, 6) is -0.792. The van der Waals surface area contributed by atoms with Crippen molar-refractivity contribution in [3.63, 3.8) is 0 Å². The highest BCUT2D eigenvalue weighted by Crippen LogP contribution is 2.22. The van der Waals surface area contributed by atoms with E-state index in [4.69, 9.17) is 5.11 Å². The van der Waals surface area contributed by atoms with Gasteiger partial charge in [-0.25, -0.2) is 14.5 Å². The molecule has 0 radical (unpaired) electrons. The average Bonchev–Trinajstić information content (AvgIpc) is 3.20. The first kappa shape index (κ1) is 16.5. The van der Waals surface area contributed by atoms with Crippen molar-refractivity contribution in [1.29, 1.82) is 0 Å². The molecule has 2 heterocycles. The van der Waals surface area contributed by atoms with E-state index in [1.165, 1.54) is 5.56 Å². The number of hydrogen-bond acceptors (Lipinski definition) is 3. The van der Waals surface area contributed by atoms with Gasteiger partial charge in [0, 0.05) is 28.1 Å². The Bertz CT molecular complexity index is 1110. The maximum atomic E-state index is 11.1. The summed E-state index contributed by atoms with van der Waals surface area (Å²) in [5, 5.41) is 14.2. The fourth-order valence-electron chi connectivity index (χ4n) is 2.97. The Kier molecular flexibility index (Phi) is 4.08. The van der Waals surface area contributed by atoms with E-state index < -0.39 is 5.97 Å². The van der Waals surface area contributed by atoms with Gasteiger partial charge < -0.3 is 9.67 Å². The topological polar surface area (TPSA) is 72.9 Å². The molecule has 1 N–H and O–H groups in total. The molecule has 0 aliphatic heterocycles. The molecule has 0 saturated heterocycles. The number of halogens is 1. The second-order valence-electron chi connectivity index (χ2n) is 6.01. The van der Waals surface area contributed by atoms with E-state index in [-0.39, 0.29) is 5.82 Å². The molecule has 0 amide bonds. The van der Waals surface area contributed by atoms with Crippen molar-refractivity contribution in [3.8, 4) is 5.69 Å². The predicted octanol–water partition coefficient (Wildman–Crippen LogP) is 4.04. The summed E-state index contributed by atoms with van der Waals surface area (Å²) in [6, 6.07) is 16.2. The first-order chi connectivity index (χ1) is 12.5. The summed E-state index contributed by atoms with van der Waals surface area (Å²) >= 11 is 3.45. The highest BCUT2D eigenvalue weighted by Gasteiger charge is 2.14. The number of fused-ring (bicyclic) bond motifs is 1. The number of aromatic nitrogens is 4. The average molecular weight is 411 g/mol. The molecule has 7 heteroatoms. The lowest BCUT2D eigenvalue weighted by Gasteiger charge is -2.07. The summed E-state index contributed by atoms with van der Waals surface area (Å²) < 4.78 is 4.79. The van der Waals surface area contributed by atoms with Crippen LogP contribution in [-0.2, 0) is 6.54 Å². The van der Waals surface area contributed by atoms with Crippen LogP contribution in [0.5, 0.6) is 0 Å². The van der Waals surface area contributed by atoms with Crippen molar-refractivity contribution in [2.75, 3.05) is 0 Å². The van der Waals surface area contributed by atoms with Crippen LogP contribution in [-0.4, -0.2) is 30.4 Å². The van der Waals surface area contributed by atoms with Crippen molar-refractivity contribution >= 4 is 32.8 Å². The third kappa shape index (κ3) is 3.01. The molecule has 0 unspecified atom stereocenters. The van der Waals surface area contributed by atoms with Crippen LogP contribution in [0.1, 0.15) is 22.0 Å². The van der Waals surface area contributed by atoms with E-state index in [0.29, 0.717) is 5.82 Å². The van der Waals surface area contributed by atoms with Crippen LogP contribution < -0.4 is 0 Å². The van der Waals surface area contributed by atoms with Crippen LogP contribution in [0.25, 0.3) is 16.6 Å². The van der Waals surface area contributed by atoms with E-state index in [9.17, 15) is 4.79 Å². The zero-order valence-electron chi connectivity index (χ0n) is 13.9. The van der Waals surface area contributed by atoms with Gasteiger partial charge in [0.1, 0.15) is 5.82 Å². The Labute approximate surface area is 157 Å². The molecule has 6 nitrogen and oxygen atoms in total. The number of hydrogen-bond donors (Lipinski definition) is 1. The van der Waals surface area contributed by atoms with Crippen LogP contribution in [0, 0.1) is 6.92 Å². The number of carboxylic acid groups (broad SMARTS) is 1. The number of aromatic carboxylic acids is 1. The van der Waals surface area contributed by atoms with E-state index in [1.807, 2.05) is 42.6 Å². The van der Waals surface area contributed by atoms with Crippen molar-refractivity contribution in [2.24, 2.45) is 0 Å². The van der Waals surface area contributed by atoms with Gasteiger partial charge in [-0.3, -0.25) is 0 Å². The number of benzene rings is 2. The first-order valence-electron chi connectivity index (χ1n) is 8.02. The third-order valence-corrected chi connectivity index (χ3v) is 4.75. The summed E-state index contributed by atoms with van der Waals surface area (Å²) in [6.07, 6.45) is 2.05. The summed E-state index contributed by atoms with van der Waals surface area (Å²) in [4.78, 5) is 15.0. The van der Waals surface area contributed by atoms with E-state index in [0.717, 1.165) is 27.6 Å². The summed E-state index contributed by atoms with van der Waals surface area (Å²) in [5.41, 5.74) is 3.11. The molecular weight excluding hydrogens is 396 g/mol. The van der Waals surface area contributed by atoms with Crippen LogP contribution in [0.2, 0.25) is 0 Å². The van der Waals surface area contributed by atoms with Gasteiger partial charge in [0.05, 0.1) is 5.69 Å². The maximum Gasteiger partial charge on any atom is 0.375 e. The molecule has 2 aromatic heterocycles. The van der Waals surface area contributed by atoms with Crippen LogP contribution >= 0.6 is 15.9 Å². The molecule has 26 heavy (non-hydrogen) atoms. The Morgan fingerprint density at radius 3 is 2.62 bits per heavy atom. The van der Waals surface area contributed by atoms with E-state index in [2.05, 4.69) is 42.7 Å². The smallest absolute Gasteiger partial charge is 0.375 e. The molecule has 0 bridgehead atoms. The second-order valence-corrected chi connectivity index (χ2v) is 6.93. The number of rotatable bonds is 4. The quantitative estimate of drug-likeness (QED) is 0.550. The number of aryl methyl sites for hydroxylation is 1. The zero-order valence-corrected chi connectivity index (χ0v) is 15.5. The molecule has 0 saturated carbocycles. The predicted molar refractivity (Wildman–Crippen MR) is 102 cm³/mol. The van der Waals surface area contributed by atoms with Crippen molar-refractivity contribution in [2.45, 2.75) is 13.5 Å². The molecule has 0 aliphatic carbocycles. The number of carboxylic acids is 1. The van der Waals surface area contributed by atoms with Gasteiger partial charge in [-0.15, -0.1) is 5.10 Å². The maximum absolute atomic E-state index is 11.1. The van der Waals surface area contributed by atoms with Crippen LogP contribution in [0.15, 0.2) is 59.2 Å². The number of nitrogens with zero attached hydrogens (tertiary/aromatic N) is 4. The van der Waals surface area contributed by atoms with E-state index in [1.54, 1.807) is 11.6 Å². The second kappa shape index (κ2) is 6.42. The Balaban J connectivity index is 1.69. The standard InChI is InChI=1S/C19H15BrN4O2/c1-12-21-18(19(25)26)22-24(12)16-6-7-17-14(10-16)8-9-23(17)11-13-2-4-15(20)5-3-13/h2-10H,11H2,1H3,(H,25,26). The van der Waals surface area contributed by atoms with E-state index >= 15 is 0 Å². The van der Waals surface area contributed by atoms with Gasteiger partial charge in [-0.2, -0.15) is 0 Å². The molecule has 0 fully saturated rings. The summed E-state index contributed by atoms with van der Waals surface area (Å²) in [6.45, 7) is 2.52. The molecule has 0 aliphatic rings. The van der Waals surface area contributed by atoms with Gasteiger partial charge in [0.15, 0.2) is 0 Å². The fourth-order valence-corrected chi connectivity index (χ4v) is 3.23. The minimum Gasteiger partial charge on any atom is -0.475 e. The van der Waals surface area contributed by atoms with Crippen LogP contribution in [0.4, 0.5) is 0 Å². The minimum atomic E-state index is -1.13. The highest BCUT2D eigenvalue weighted by atomic mass is 79.9. The highest BCUT2D eigenvalue weighted by molar-refractivity contribution is 9.10. The van der Waals surface area contributed by atoms with Crippen LogP contribution in [0.3, 0.4) is 0 Å². The normalized spacial score (nSPS) is 11.2. The largest absolute Gasteiger partial charge is 0.475 e. The third-order valence-electron chi connectivity index (χ3n) is 4.23. The lowest BCUT2D eigenvalue weighted by Crippen LogP contribution is -2.02. The molecule has 4 rings (SSSR count). The molecular formula is C19H15BrN4O2. The molecule has 4 aromatic rings. The Hall–Kier alpha value is -2.93. The fraction of sp³-hybridized carbons (Fsp3) is 0.105. The minimum absolute atomic E-state index is 0.199. The molecule has 2 aromatic carbocycles. The molecule has 0 atom stereocenters. The molecule has 130 valence electrons. The number of carbonyl (C=O) groups is 1. The summed E-state index contributed by atoms with van der Waals surface area (Å²) in [7, 11) is 0. The first-order valence-corrected chi connectivity index (χ1v) is 8.81. The van der Waals surface area contributed by atoms with Crippen molar-refractivity contribution in [3.05, 3.63) is 76.4 Å². The zero-order chi connectivity index (χ0) is 18.3. The van der Waals surface area contributed by atoms with Gasteiger partial charge in [0.2, 0.25) is 0 Å². The Morgan fingerprint density at radius 2 is 1.92 bits per heavy atom. The van der Waals surface area contributed by atoms with Crippen molar-refractivity contribution in [1.82, 2.24) is 19.3 Å². The van der Waals surface area contributed by atoms with Gasteiger partial charge in [-0.05, 0) is 48.9 Å². The lowest BCUT2D eigenvalue weighted by molar-refractivity contribution is 0.0683.